The summed E-state index contributed by atoms with van der Waals surface area (Å²) in [6.07, 6.45) is 1.12. The molecular formula is C22H27ClN2O2. The van der Waals surface area contributed by atoms with Crippen LogP contribution < -0.4 is 5.32 Å². The lowest BCUT2D eigenvalue weighted by atomic mass is 10.1. The van der Waals surface area contributed by atoms with Gasteiger partial charge >= 0.3 is 0 Å². The van der Waals surface area contributed by atoms with Gasteiger partial charge in [-0.3, -0.25) is 9.59 Å². The van der Waals surface area contributed by atoms with Gasteiger partial charge in [0.05, 0.1) is 6.42 Å². The molecule has 1 atom stereocenters. The summed E-state index contributed by atoms with van der Waals surface area (Å²) in [4.78, 5) is 27.1. The maximum Gasteiger partial charge on any atom is 0.242 e. The van der Waals surface area contributed by atoms with Crippen molar-refractivity contribution in [2.24, 2.45) is 0 Å². The van der Waals surface area contributed by atoms with Crippen molar-refractivity contribution in [3.8, 4) is 0 Å². The number of amides is 2. The van der Waals surface area contributed by atoms with E-state index in [2.05, 4.69) is 5.32 Å². The molecule has 0 spiro atoms. The van der Waals surface area contributed by atoms with Crippen molar-refractivity contribution >= 4 is 23.4 Å². The molecule has 0 aliphatic heterocycles. The molecule has 0 aliphatic rings. The smallest absolute Gasteiger partial charge is 0.242 e. The lowest BCUT2D eigenvalue weighted by Gasteiger charge is -2.29. The third kappa shape index (κ3) is 6.40. The molecular weight excluding hydrogens is 360 g/mol. The normalized spacial score (nSPS) is 11.7. The van der Waals surface area contributed by atoms with Gasteiger partial charge in [-0.15, -0.1) is 0 Å². The maximum absolute atomic E-state index is 13.0. The summed E-state index contributed by atoms with van der Waals surface area (Å²) in [6.45, 7) is 6.75. The van der Waals surface area contributed by atoms with E-state index >= 15 is 0 Å². The van der Waals surface area contributed by atoms with Crippen LogP contribution in [0.5, 0.6) is 0 Å². The third-order valence-electron chi connectivity index (χ3n) is 4.46. The van der Waals surface area contributed by atoms with Gasteiger partial charge in [0.2, 0.25) is 11.8 Å². The Morgan fingerprint density at radius 2 is 1.63 bits per heavy atom. The van der Waals surface area contributed by atoms with Crippen LogP contribution in [0, 0.1) is 6.92 Å². The summed E-state index contributed by atoms with van der Waals surface area (Å²) < 4.78 is 0. The second-order valence-corrected chi connectivity index (χ2v) is 7.21. The average molecular weight is 387 g/mol. The molecule has 144 valence electrons. The van der Waals surface area contributed by atoms with Crippen LogP contribution in [-0.4, -0.2) is 29.3 Å². The van der Waals surface area contributed by atoms with Gasteiger partial charge < -0.3 is 10.2 Å². The molecule has 0 heterocycles. The number of carbonyl (C=O) groups excluding carboxylic acids is 2. The topological polar surface area (TPSA) is 49.4 Å². The quantitative estimate of drug-likeness (QED) is 0.741. The molecule has 5 heteroatoms. The lowest BCUT2D eigenvalue weighted by Crippen LogP contribution is -2.48. The molecule has 0 radical (unpaired) electrons. The van der Waals surface area contributed by atoms with Gasteiger partial charge in [0.15, 0.2) is 0 Å². The Bertz CT molecular complexity index is 757. The van der Waals surface area contributed by atoms with E-state index in [4.69, 9.17) is 11.6 Å². The van der Waals surface area contributed by atoms with Gasteiger partial charge in [0, 0.05) is 18.1 Å². The summed E-state index contributed by atoms with van der Waals surface area (Å²) in [5.74, 6) is -0.212. The predicted octanol–water partition coefficient (Wildman–Crippen LogP) is 4.13. The molecule has 1 N–H and O–H groups in total. The fourth-order valence-corrected chi connectivity index (χ4v) is 2.87. The first-order valence-corrected chi connectivity index (χ1v) is 9.65. The van der Waals surface area contributed by atoms with Crippen LogP contribution in [0.3, 0.4) is 0 Å². The number of halogens is 1. The van der Waals surface area contributed by atoms with E-state index in [0.29, 0.717) is 18.1 Å². The minimum atomic E-state index is -0.551. The number of rotatable bonds is 8. The Morgan fingerprint density at radius 3 is 2.22 bits per heavy atom. The molecule has 0 aromatic heterocycles. The molecule has 0 aliphatic carbocycles. The molecule has 4 nitrogen and oxygen atoms in total. The zero-order valence-electron chi connectivity index (χ0n) is 16.2. The van der Waals surface area contributed by atoms with Crippen LogP contribution in [-0.2, 0) is 22.6 Å². The zero-order valence-corrected chi connectivity index (χ0v) is 16.9. The van der Waals surface area contributed by atoms with E-state index in [0.717, 1.165) is 23.1 Å². The number of hydrogen-bond acceptors (Lipinski definition) is 2. The molecule has 0 fully saturated rings. The summed E-state index contributed by atoms with van der Waals surface area (Å²) in [6, 6.07) is 14.7. The average Bonchev–Trinajstić information content (AvgIpc) is 2.66. The van der Waals surface area contributed by atoms with Crippen LogP contribution in [0.2, 0.25) is 5.02 Å². The fourth-order valence-electron chi connectivity index (χ4n) is 2.75. The van der Waals surface area contributed by atoms with E-state index in [1.54, 1.807) is 24.0 Å². The number of hydrogen-bond donors (Lipinski definition) is 1. The van der Waals surface area contributed by atoms with Crippen LogP contribution in [0.15, 0.2) is 48.5 Å². The van der Waals surface area contributed by atoms with Gasteiger partial charge in [0.25, 0.3) is 0 Å². The summed E-state index contributed by atoms with van der Waals surface area (Å²) >= 11 is 5.96. The van der Waals surface area contributed by atoms with Gasteiger partial charge in [-0.1, -0.05) is 60.5 Å². The highest BCUT2D eigenvalue weighted by Crippen LogP contribution is 2.15. The maximum atomic E-state index is 13.0. The Balaban J connectivity index is 2.18. The van der Waals surface area contributed by atoms with E-state index in [1.165, 1.54) is 0 Å². The van der Waals surface area contributed by atoms with Crippen molar-refractivity contribution < 1.29 is 9.59 Å². The van der Waals surface area contributed by atoms with E-state index in [1.807, 2.05) is 50.2 Å². The monoisotopic (exact) mass is 386 g/mol. The molecule has 0 saturated carbocycles. The Hall–Kier alpha value is -2.33. The first kappa shape index (κ1) is 21.0. The second kappa shape index (κ2) is 10.1. The third-order valence-corrected chi connectivity index (χ3v) is 4.71. The zero-order chi connectivity index (χ0) is 19.8. The van der Waals surface area contributed by atoms with Crippen LogP contribution >= 0.6 is 11.6 Å². The minimum absolute atomic E-state index is 0.0760. The molecule has 2 rings (SSSR count). The second-order valence-electron chi connectivity index (χ2n) is 6.78. The van der Waals surface area contributed by atoms with Crippen LogP contribution in [0.4, 0.5) is 0 Å². The Morgan fingerprint density at radius 1 is 1.04 bits per heavy atom. The van der Waals surface area contributed by atoms with Gasteiger partial charge in [-0.25, -0.2) is 0 Å². The lowest BCUT2D eigenvalue weighted by molar-refractivity contribution is -0.140. The molecule has 2 amide bonds. The van der Waals surface area contributed by atoms with Crippen molar-refractivity contribution in [3.05, 3.63) is 70.2 Å². The number of carbonyl (C=O) groups is 2. The van der Waals surface area contributed by atoms with Gasteiger partial charge in [0.1, 0.15) is 6.04 Å². The number of aryl methyl sites for hydroxylation is 1. The molecule has 0 bridgehead atoms. The molecule has 2 aromatic carbocycles. The fraction of sp³-hybridized carbons (Fsp3) is 0.364. The molecule has 27 heavy (non-hydrogen) atoms. The van der Waals surface area contributed by atoms with Crippen molar-refractivity contribution in [1.82, 2.24) is 10.2 Å². The summed E-state index contributed by atoms with van der Waals surface area (Å²) in [5.41, 5.74) is 3.02. The highest BCUT2D eigenvalue weighted by Gasteiger charge is 2.25. The Kier molecular flexibility index (Phi) is 7.86. The highest BCUT2D eigenvalue weighted by atomic mass is 35.5. The van der Waals surface area contributed by atoms with Crippen LogP contribution in [0.1, 0.15) is 37.0 Å². The highest BCUT2D eigenvalue weighted by molar-refractivity contribution is 6.30. The Labute approximate surface area is 166 Å². The van der Waals surface area contributed by atoms with E-state index < -0.39 is 6.04 Å². The van der Waals surface area contributed by atoms with Gasteiger partial charge in [-0.05, 0) is 43.5 Å². The van der Waals surface area contributed by atoms with Crippen molar-refractivity contribution in [2.45, 2.75) is 46.2 Å². The van der Waals surface area contributed by atoms with Gasteiger partial charge in [-0.2, -0.15) is 0 Å². The first-order chi connectivity index (χ1) is 12.9. The minimum Gasteiger partial charge on any atom is -0.354 e. The molecule has 0 unspecified atom stereocenters. The first-order valence-electron chi connectivity index (χ1n) is 9.28. The predicted molar refractivity (Wildman–Crippen MR) is 110 cm³/mol. The van der Waals surface area contributed by atoms with Crippen molar-refractivity contribution in [2.75, 3.05) is 6.54 Å². The molecule has 2 aromatic rings. The van der Waals surface area contributed by atoms with Crippen molar-refractivity contribution in [3.63, 3.8) is 0 Å². The summed E-state index contributed by atoms with van der Waals surface area (Å²) in [5, 5.41) is 3.52. The summed E-state index contributed by atoms with van der Waals surface area (Å²) in [7, 11) is 0. The standard InChI is InChI=1S/C22H27ClN2O2/c1-4-13-24-22(27)17(3)25(15-19-9-11-20(23)12-10-19)21(26)14-18-7-5-16(2)6-8-18/h5-12,17H,4,13-15H2,1-3H3,(H,24,27)/t17-/m0/s1. The van der Waals surface area contributed by atoms with Crippen LogP contribution in [0.25, 0.3) is 0 Å². The van der Waals surface area contributed by atoms with E-state index in [9.17, 15) is 9.59 Å². The van der Waals surface area contributed by atoms with E-state index in [-0.39, 0.29) is 18.2 Å². The SMILES string of the molecule is CCCNC(=O)[C@H](C)N(Cc1ccc(Cl)cc1)C(=O)Cc1ccc(C)cc1. The number of nitrogens with one attached hydrogen (secondary N) is 1. The largest absolute Gasteiger partial charge is 0.354 e. The van der Waals surface area contributed by atoms with Crippen molar-refractivity contribution in [1.29, 1.82) is 0 Å². The number of nitrogens with zero attached hydrogens (tertiary/aromatic N) is 1. The number of benzene rings is 2. The molecule has 0 saturated heterocycles.